The van der Waals surface area contributed by atoms with E-state index in [1.165, 1.54) is 0 Å². The first-order valence-electron chi connectivity index (χ1n) is 7.00. The number of ether oxygens (including phenoxy) is 1. The molecule has 0 aromatic heterocycles. The van der Waals surface area contributed by atoms with E-state index in [-0.39, 0.29) is 18.6 Å². The minimum atomic E-state index is -0.102. The molecule has 1 atom stereocenters. The Labute approximate surface area is 129 Å². The molecule has 1 unspecified atom stereocenters. The van der Waals surface area contributed by atoms with Crippen LogP contribution >= 0.6 is 11.6 Å². The van der Waals surface area contributed by atoms with E-state index in [0.29, 0.717) is 29.1 Å². The van der Waals surface area contributed by atoms with Crippen molar-refractivity contribution in [1.29, 1.82) is 0 Å². The zero-order valence-corrected chi connectivity index (χ0v) is 12.4. The lowest BCUT2D eigenvalue weighted by atomic mass is 10.1. The lowest BCUT2D eigenvalue weighted by Gasteiger charge is -2.11. The Hall–Kier alpha value is -1.54. The van der Waals surface area contributed by atoms with Crippen LogP contribution in [0.4, 0.5) is 5.69 Å². The van der Waals surface area contributed by atoms with E-state index in [4.69, 9.17) is 21.4 Å². The Morgan fingerprint density at radius 1 is 1.52 bits per heavy atom. The molecule has 4 nitrogen and oxygen atoms in total. The second kappa shape index (κ2) is 8.04. The first kappa shape index (κ1) is 15.8. The van der Waals surface area contributed by atoms with Gasteiger partial charge in [0.05, 0.1) is 24.8 Å². The van der Waals surface area contributed by atoms with Gasteiger partial charge in [-0.2, -0.15) is 0 Å². The van der Waals surface area contributed by atoms with Gasteiger partial charge in [-0.25, -0.2) is 0 Å². The number of halogens is 1. The first-order chi connectivity index (χ1) is 10.2. The second-order valence-corrected chi connectivity index (χ2v) is 5.29. The number of amides is 1. The van der Waals surface area contributed by atoms with Gasteiger partial charge in [0.1, 0.15) is 0 Å². The van der Waals surface area contributed by atoms with E-state index in [2.05, 4.69) is 17.2 Å². The zero-order valence-electron chi connectivity index (χ0n) is 11.7. The lowest BCUT2D eigenvalue weighted by Crippen LogP contribution is -2.19. The van der Waals surface area contributed by atoms with Gasteiger partial charge >= 0.3 is 0 Å². The zero-order chi connectivity index (χ0) is 15.1. The Morgan fingerprint density at radius 3 is 3.10 bits per heavy atom. The van der Waals surface area contributed by atoms with Crippen LogP contribution in [0, 0.1) is 11.8 Å². The Bertz CT molecular complexity index is 556. The van der Waals surface area contributed by atoms with Crippen molar-refractivity contribution in [3.8, 4) is 11.8 Å². The molecule has 1 aliphatic rings. The third kappa shape index (κ3) is 5.05. The maximum Gasteiger partial charge on any atom is 0.227 e. The Morgan fingerprint density at radius 2 is 2.38 bits per heavy atom. The standard InChI is InChI=1S/C16H18ClNO3/c17-13-7-6-12(4-1-2-8-19)15(10-13)18-16(20)11-14-5-3-9-21-14/h6-7,10,14,19H,2-3,5,8-9,11H2,(H,18,20). The fraction of sp³-hybridized carbons (Fsp3) is 0.438. The summed E-state index contributed by atoms with van der Waals surface area (Å²) < 4.78 is 5.45. The Kier molecular flexibility index (Phi) is 6.06. The molecule has 1 heterocycles. The molecule has 1 aromatic carbocycles. The number of carbonyl (C=O) groups excluding carboxylic acids is 1. The summed E-state index contributed by atoms with van der Waals surface area (Å²) in [5.74, 6) is 5.66. The van der Waals surface area contributed by atoms with Crippen molar-refractivity contribution < 1.29 is 14.6 Å². The summed E-state index contributed by atoms with van der Waals surface area (Å²) in [6.45, 7) is 0.744. The van der Waals surface area contributed by atoms with Crippen LogP contribution in [0.5, 0.6) is 0 Å². The number of nitrogens with one attached hydrogen (secondary N) is 1. The molecule has 1 amide bonds. The maximum absolute atomic E-state index is 12.0. The smallest absolute Gasteiger partial charge is 0.227 e. The van der Waals surface area contributed by atoms with Crippen molar-refractivity contribution in [3.63, 3.8) is 0 Å². The number of anilines is 1. The molecule has 21 heavy (non-hydrogen) atoms. The number of hydrogen-bond donors (Lipinski definition) is 2. The minimum Gasteiger partial charge on any atom is -0.395 e. The van der Waals surface area contributed by atoms with Crippen molar-refractivity contribution in [2.45, 2.75) is 31.8 Å². The third-order valence-corrected chi connectivity index (χ3v) is 3.39. The van der Waals surface area contributed by atoms with Gasteiger partial charge in [-0.3, -0.25) is 4.79 Å². The van der Waals surface area contributed by atoms with E-state index in [1.54, 1.807) is 18.2 Å². The number of aliphatic hydroxyl groups excluding tert-OH is 1. The summed E-state index contributed by atoms with van der Waals surface area (Å²) in [5.41, 5.74) is 1.28. The fourth-order valence-corrected chi connectivity index (χ4v) is 2.33. The SMILES string of the molecule is O=C(CC1CCCO1)Nc1cc(Cl)ccc1C#CCCO. The molecule has 0 radical (unpaired) electrons. The van der Waals surface area contributed by atoms with Gasteiger partial charge < -0.3 is 15.2 Å². The summed E-state index contributed by atoms with van der Waals surface area (Å²) in [6.07, 6.45) is 2.68. The molecule has 5 heteroatoms. The number of benzene rings is 1. The topological polar surface area (TPSA) is 58.6 Å². The molecule has 0 spiro atoms. The van der Waals surface area contributed by atoms with Crippen LogP contribution in [-0.4, -0.2) is 30.3 Å². The monoisotopic (exact) mass is 307 g/mol. The highest BCUT2D eigenvalue weighted by molar-refractivity contribution is 6.31. The molecular formula is C16H18ClNO3. The van der Waals surface area contributed by atoms with E-state index in [9.17, 15) is 4.79 Å². The van der Waals surface area contributed by atoms with Crippen LogP contribution in [-0.2, 0) is 9.53 Å². The molecule has 0 saturated carbocycles. The molecule has 1 saturated heterocycles. The summed E-state index contributed by atoms with van der Waals surface area (Å²) in [5, 5.41) is 12.1. The molecule has 1 fully saturated rings. The lowest BCUT2D eigenvalue weighted by molar-refractivity contribution is -0.118. The number of hydrogen-bond acceptors (Lipinski definition) is 3. The molecule has 112 valence electrons. The molecule has 0 bridgehead atoms. The van der Waals surface area contributed by atoms with Gasteiger partial charge in [0.25, 0.3) is 0 Å². The van der Waals surface area contributed by atoms with Crippen LogP contribution in [0.1, 0.15) is 31.2 Å². The fourth-order valence-electron chi connectivity index (χ4n) is 2.16. The average molecular weight is 308 g/mol. The summed E-state index contributed by atoms with van der Waals surface area (Å²) in [7, 11) is 0. The van der Waals surface area contributed by atoms with E-state index in [1.807, 2.05) is 0 Å². The van der Waals surface area contributed by atoms with Crippen LogP contribution in [0.15, 0.2) is 18.2 Å². The molecule has 2 rings (SSSR count). The van der Waals surface area contributed by atoms with Crippen LogP contribution < -0.4 is 5.32 Å². The van der Waals surface area contributed by atoms with Gasteiger partial charge in [0, 0.05) is 23.6 Å². The van der Waals surface area contributed by atoms with Gasteiger partial charge in [0.15, 0.2) is 0 Å². The number of rotatable bonds is 4. The molecule has 2 N–H and O–H groups in total. The van der Waals surface area contributed by atoms with Gasteiger partial charge in [0.2, 0.25) is 5.91 Å². The van der Waals surface area contributed by atoms with Gasteiger partial charge in [-0.05, 0) is 31.0 Å². The molecule has 1 aromatic rings. The summed E-state index contributed by atoms with van der Waals surface area (Å²) in [4.78, 5) is 12.0. The predicted molar refractivity (Wildman–Crippen MR) is 82.3 cm³/mol. The van der Waals surface area contributed by atoms with Crippen molar-refractivity contribution in [3.05, 3.63) is 28.8 Å². The predicted octanol–water partition coefficient (Wildman–Crippen LogP) is 2.58. The first-order valence-corrected chi connectivity index (χ1v) is 7.37. The molecular weight excluding hydrogens is 290 g/mol. The van der Waals surface area contributed by atoms with E-state index in [0.717, 1.165) is 19.4 Å². The minimum absolute atomic E-state index is 0.00751. The largest absolute Gasteiger partial charge is 0.395 e. The second-order valence-electron chi connectivity index (χ2n) is 4.85. The van der Waals surface area contributed by atoms with E-state index >= 15 is 0 Å². The summed E-state index contributed by atoms with van der Waals surface area (Å²) in [6, 6.07) is 5.16. The number of aliphatic hydroxyl groups is 1. The molecule has 1 aliphatic heterocycles. The average Bonchev–Trinajstić information content (AvgIpc) is 2.94. The summed E-state index contributed by atoms with van der Waals surface area (Å²) >= 11 is 5.97. The Balaban J connectivity index is 2.05. The highest BCUT2D eigenvalue weighted by Crippen LogP contribution is 2.22. The van der Waals surface area contributed by atoms with Crippen molar-refractivity contribution in [2.75, 3.05) is 18.5 Å². The van der Waals surface area contributed by atoms with E-state index < -0.39 is 0 Å². The van der Waals surface area contributed by atoms with Gasteiger partial charge in [-0.15, -0.1) is 0 Å². The third-order valence-electron chi connectivity index (χ3n) is 3.15. The normalized spacial score (nSPS) is 17.1. The number of carbonyl (C=O) groups is 1. The highest BCUT2D eigenvalue weighted by Gasteiger charge is 2.19. The molecule has 0 aliphatic carbocycles. The highest BCUT2D eigenvalue weighted by atomic mass is 35.5. The van der Waals surface area contributed by atoms with Crippen molar-refractivity contribution in [2.24, 2.45) is 0 Å². The van der Waals surface area contributed by atoms with Crippen LogP contribution in [0.3, 0.4) is 0 Å². The maximum atomic E-state index is 12.0. The van der Waals surface area contributed by atoms with Crippen LogP contribution in [0.2, 0.25) is 5.02 Å². The van der Waals surface area contributed by atoms with Crippen LogP contribution in [0.25, 0.3) is 0 Å². The van der Waals surface area contributed by atoms with Gasteiger partial charge in [-0.1, -0.05) is 23.4 Å². The van der Waals surface area contributed by atoms with Crippen molar-refractivity contribution in [1.82, 2.24) is 0 Å². The van der Waals surface area contributed by atoms with Crippen molar-refractivity contribution >= 4 is 23.2 Å². The quantitative estimate of drug-likeness (QED) is 0.841.